The molecule has 0 bridgehead atoms. The molecule has 65 heavy (non-hydrogen) atoms. The number of hydrogen-bond donors (Lipinski definition) is 4. The number of aliphatic carboxylic acids is 1. The molecule has 5 rings (SSSR count). The van der Waals surface area contributed by atoms with Gasteiger partial charge in [-0.05, 0) is 88.3 Å². The number of amides is 4. The summed E-state index contributed by atoms with van der Waals surface area (Å²) in [6, 6.07) is 3.32. The van der Waals surface area contributed by atoms with Crippen LogP contribution in [0.2, 0.25) is 0 Å². The first kappa shape index (κ1) is 64.3. The molecule has 4 aliphatic rings. The van der Waals surface area contributed by atoms with E-state index in [1.165, 1.54) is 45.5 Å². The monoisotopic (exact) mass is 1550 g/mol. The average Bonchev–Trinajstić information content (AvgIpc) is 3.59. The average molecular weight is 1550 g/mol. The van der Waals surface area contributed by atoms with Gasteiger partial charge in [0, 0.05) is 57.4 Å². The van der Waals surface area contributed by atoms with Crippen LogP contribution in [-0.2, 0) is 42.4 Å². The van der Waals surface area contributed by atoms with E-state index in [0.29, 0.717) is 13.3 Å². The number of carbonyl (C=O) groups is 6. The second-order valence-corrected chi connectivity index (χ2v) is 38.9. The van der Waals surface area contributed by atoms with Gasteiger partial charge in [-0.15, -0.1) is 36.4 Å². The number of nitrogens with one attached hydrogen (secondary N) is 2. The van der Waals surface area contributed by atoms with E-state index in [9.17, 15) is 42.3 Å². The van der Waals surface area contributed by atoms with Crippen molar-refractivity contribution < 1.29 is 74.9 Å². The van der Waals surface area contributed by atoms with E-state index in [1.54, 1.807) is 67.5 Å². The molecule has 0 aliphatic carbocycles. The van der Waals surface area contributed by atoms with Gasteiger partial charge in [-0.25, -0.2) is 27.6 Å². The van der Waals surface area contributed by atoms with Crippen LogP contribution in [0.3, 0.4) is 0 Å². The summed E-state index contributed by atoms with van der Waals surface area (Å²) in [5.74, 6) is 1.96. The molecule has 0 saturated carbocycles. The van der Waals surface area contributed by atoms with Crippen molar-refractivity contribution >= 4 is 154 Å². The third kappa shape index (κ3) is 20.3. The molecule has 0 unspecified atom stereocenters. The molecule has 6 atom stereocenters. The summed E-state index contributed by atoms with van der Waals surface area (Å²) in [5.41, 5.74) is -0.295. The van der Waals surface area contributed by atoms with Crippen LogP contribution in [0.1, 0.15) is 74.8 Å². The van der Waals surface area contributed by atoms with Gasteiger partial charge in [0.1, 0.15) is 52.7 Å². The number of carbonyl (C=O) groups excluding carboxylic acids is 5. The van der Waals surface area contributed by atoms with Crippen LogP contribution in [0.25, 0.3) is 0 Å². The van der Waals surface area contributed by atoms with Crippen LogP contribution in [-0.4, -0.2) is 133 Å². The Morgan fingerprint density at radius 2 is 1.18 bits per heavy atom. The molecule has 1 aromatic rings. The van der Waals surface area contributed by atoms with E-state index in [0.717, 1.165) is 5.56 Å². The number of aryl methyl sites for hydroxylation is 1. The second kappa shape index (κ2) is 28.2. The van der Waals surface area contributed by atoms with Gasteiger partial charge in [0.2, 0.25) is 11.8 Å². The van der Waals surface area contributed by atoms with Gasteiger partial charge in [0.25, 0.3) is 9.05 Å². The van der Waals surface area contributed by atoms with Crippen LogP contribution in [0.15, 0.2) is 29.2 Å². The number of esters is 1. The molecule has 4 amide bonds. The Bertz CT molecular complexity index is 2030. The van der Waals surface area contributed by atoms with E-state index < -0.39 is 78.0 Å². The molecule has 1 aromatic carbocycles. The molecular formula is C39H53ClI5N4O13S3-. The number of aliphatic hydroxyl groups is 1. The number of hydrogen-bond acceptors (Lipinski definition) is 14. The number of rotatable bonds is 6. The Hall–Kier alpha value is -0.690. The number of carboxylic acid groups (broad SMARTS) is 1. The van der Waals surface area contributed by atoms with Crippen LogP contribution in [0.4, 0.5) is 9.59 Å². The molecule has 4 N–H and O–H groups in total. The first-order valence-electron chi connectivity index (χ1n) is 18.6. The molecule has 17 nitrogen and oxygen atoms in total. The third-order valence-electron chi connectivity index (χ3n) is 8.38. The van der Waals surface area contributed by atoms with Crippen molar-refractivity contribution in [1.29, 1.82) is 0 Å². The number of β-lactam (4-membered cyclic amide) rings is 2. The van der Waals surface area contributed by atoms with Gasteiger partial charge in [-0.2, -0.15) is 0 Å². The molecule has 4 aliphatic heterocycles. The zero-order chi connectivity index (χ0) is 51.1. The van der Waals surface area contributed by atoms with Crippen molar-refractivity contribution in [1.82, 2.24) is 20.4 Å². The minimum absolute atomic E-state index is 0.137. The number of nitrogens with zero attached hydrogens (tertiary/aromatic N) is 2. The summed E-state index contributed by atoms with van der Waals surface area (Å²) in [6.07, 6.45) is 8.30. The number of halogens is 6. The summed E-state index contributed by atoms with van der Waals surface area (Å²) in [7, 11) is 1.54. The maximum absolute atomic E-state index is 12.4. The first-order chi connectivity index (χ1) is 29.7. The van der Waals surface area contributed by atoms with Crippen LogP contribution in [0.5, 0.6) is 0 Å². The fourth-order valence-electron chi connectivity index (χ4n) is 6.03. The first-order valence-corrected chi connectivity index (χ1v) is 41.6. The fourth-order valence-corrected chi connectivity index (χ4v) is 10.0. The van der Waals surface area contributed by atoms with Crippen molar-refractivity contribution in [3.05, 3.63) is 29.8 Å². The predicted octanol–water partition coefficient (Wildman–Crippen LogP) is 4.23. The summed E-state index contributed by atoms with van der Waals surface area (Å²) in [5, 5.41) is 21.3. The van der Waals surface area contributed by atoms with Crippen molar-refractivity contribution in [2.75, 3.05) is 13.2 Å². The number of terminal acetylenes is 2. The number of thioether (sulfide) groups is 2. The Morgan fingerprint density at radius 1 is 0.831 bits per heavy atom. The summed E-state index contributed by atoms with van der Waals surface area (Å²) < 4.78 is 35.6. The number of ether oxygens (including phenoxy) is 3. The van der Waals surface area contributed by atoms with Gasteiger partial charge in [0.15, 0.2) is 6.61 Å². The van der Waals surface area contributed by atoms with E-state index in [-0.39, 0.29) is 40.7 Å². The van der Waals surface area contributed by atoms with Crippen molar-refractivity contribution in [3.8, 4) is 24.7 Å². The summed E-state index contributed by atoms with van der Waals surface area (Å²) in [4.78, 5) is 74.7. The molecule has 26 heteroatoms. The number of alkyl carbamates (subject to hydrolysis) is 2. The molecule has 4 fully saturated rings. The quantitative estimate of drug-likeness (QED) is 0.0780. The molecular weight excluding hydrogens is 1500 g/mol. The number of carboxylic acids is 1. The molecule has 4 saturated heterocycles. The number of aliphatic hydroxyl groups excluding tert-OH is 1. The van der Waals surface area contributed by atoms with Crippen LogP contribution >= 0.6 is 109 Å². The molecule has 0 spiro atoms. The Morgan fingerprint density at radius 3 is 1.49 bits per heavy atom. The van der Waals surface area contributed by atoms with Crippen LogP contribution in [0, 0.1) is 31.6 Å². The Labute approximate surface area is 447 Å². The minimum atomic E-state index is -3.55. The standard InChI is InChI=1S/C16H22N2O5S.C13H20N2O5S.C7H7ClO2S.C3H4O.I3.I2/c1-7-8-22-13(20)10-16(5,6)24-12-9(11(19)18(10)12)17-14(21)23-15(2,3)4;1-12(2,3)20-11(19)14-6-8(16)15-7(10(17)18)13(4,5)21-9(6)15;1-6-2-4-7(5-3-6)11(8,9)10;1-2-3-4;1-3-2;1-2/h1,9-10,12H,8H2,2-6H3,(H,17,21);6-7,9H,1-5H3,(H,14,19)(H,17,18);2-5H,1H3;1,4H,3H2;;/q;;;;-1;/t9-,10+,12-;6-,7+,9-;;;;/m11..../s1. The van der Waals surface area contributed by atoms with Crippen LogP contribution < -0.4 is 23.9 Å². The van der Waals surface area contributed by atoms with E-state index in [1.807, 2.05) is 26.7 Å². The van der Waals surface area contributed by atoms with E-state index >= 15 is 0 Å². The zero-order valence-corrected chi connectivity index (χ0v) is 51.1. The summed E-state index contributed by atoms with van der Waals surface area (Å²) in [6.45, 7) is 19.3. The fraction of sp³-hybridized carbons (Fsp3) is 0.590. The molecule has 4 heterocycles. The van der Waals surface area contributed by atoms with Crippen molar-refractivity contribution in [2.45, 2.75) is 137 Å². The topological polar surface area (TPSA) is 235 Å². The van der Waals surface area contributed by atoms with Gasteiger partial charge < -0.3 is 44.9 Å². The third-order valence-corrected chi connectivity index (χ3v) is 12.9. The SMILES string of the molecule is C#CCO.C#CCOC(=O)[C@@H]1N2C(=O)[C@@H](NC(=O)OC(C)(C)C)[C@H]2SC1(C)C.CC(C)(C)OC(=O)N[C@@H]1C(=O)N2[C@@H]1SC(C)(C)[C@@H]2C(=O)O.Cc1ccc(S(=O)(=O)Cl)cc1.II.I[I-]I. The maximum atomic E-state index is 12.4. The Balaban J connectivity index is 0.000000903. The number of fused-ring (bicyclic) bond motifs is 2. The van der Waals surface area contributed by atoms with E-state index in [4.69, 9.17) is 36.4 Å². The molecule has 0 aromatic heterocycles. The van der Waals surface area contributed by atoms with Gasteiger partial charge in [0.05, 0.1) is 4.90 Å². The second-order valence-electron chi connectivity index (χ2n) is 16.6. The van der Waals surface area contributed by atoms with Gasteiger partial charge in [-0.1, -0.05) is 29.5 Å². The summed E-state index contributed by atoms with van der Waals surface area (Å²) >= 11 is 12.4. The number of benzene rings is 1. The Kier molecular flexibility index (Phi) is 27.9. The van der Waals surface area contributed by atoms with E-state index in [2.05, 4.69) is 97.4 Å². The molecule has 368 valence electrons. The zero-order valence-electron chi connectivity index (χ0n) is 37.1. The van der Waals surface area contributed by atoms with Gasteiger partial charge >= 0.3 is 74.6 Å². The molecule has 0 radical (unpaired) electrons. The predicted molar refractivity (Wildman–Crippen MR) is 282 cm³/mol. The van der Waals surface area contributed by atoms with Gasteiger partial charge in [-0.3, -0.25) is 9.59 Å². The normalized spacial score (nSPS) is 22.7. The van der Waals surface area contributed by atoms with Crippen molar-refractivity contribution in [3.63, 3.8) is 0 Å². The van der Waals surface area contributed by atoms with Crippen molar-refractivity contribution in [2.24, 2.45) is 0 Å².